The first kappa shape index (κ1) is 5.51. The van der Waals surface area contributed by atoms with Crippen LogP contribution in [0, 0.1) is 11.7 Å². The monoisotopic (exact) mass is 120 g/mol. The Labute approximate surface area is 37.2 Å². The summed E-state index contributed by atoms with van der Waals surface area (Å²) in [7, 11) is 6.58. The Balaban J connectivity index is 4.11. The molecule has 0 heterocycles. The molecule has 0 aliphatic rings. The van der Waals surface area contributed by atoms with Crippen LogP contribution >= 0.6 is 15.8 Å². The fourth-order valence-corrected chi connectivity index (χ4v) is 0. The van der Waals surface area contributed by atoms with E-state index in [-0.39, 0.29) is 9.05 Å². The average molecular weight is 120 g/mol. The zero-order valence-electron chi connectivity index (χ0n) is 2.43. The number of hydrogen-bond donors (Lipinski definition) is 0. The first-order valence-electron chi connectivity index (χ1n) is 0.879. The van der Waals surface area contributed by atoms with Crippen molar-refractivity contribution in [1.29, 1.82) is 0 Å². The Morgan fingerprint density at radius 2 is 2.20 bits per heavy atom. The second kappa shape index (κ2) is 2.73. The van der Waals surface area contributed by atoms with Crippen LogP contribution in [0.3, 0.4) is 0 Å². The third-order valence-corrected chi connectivity index (χ3v) is 1.00. The van der Waals surface area contributed by atoms with Crippen LogP contribution < -0.4 is 0 Å². The van der Waals surface area contributed by atoms with Gasteiger partial charge in [0.2, 0.25) is 0 Å². The summed E-state index contributed by atoms with van der Waals surface area (Å²) in [4.78, 5) is 0. The molecule has 26 valence electrons. The van der Waals surface area contributed by atoms with Gasteiger partial charge in [-0.3, -0.25) is 0 Å². The van der Waals surface area contributed by atoms with Gasteiger partial charge in [-0.15, -0.1) is 0 Å². The summed E-state index contributed by atoms with van der Waals surface area (Å²) in [5.74, 6) is 0. The molecule has 0 saturated carbocycles. The van der Waals surface area contributed by atoms with E-state index in [9.17, 15) is 0 Å². The Kier molecular flexibility index (Phi) is 3.01. The molecule has 0 saturated heterocycles. The molecule has 0 aliphatic heterocycles. The van der Waals surface area contributed by atoms with E-state index in [4.69, 9.17) is 6.42 Å². The van der Waals surface area contributed by atoms with Gasteiger partial charge in [0.25, 0.3) is 0 Å². The summed E-state index contributed by atoms with van der Waals surface area (Å²) in [5.41, 5.74) is 0. The fraction of sp³-hybridized carbons (Fsp3) is 0. The van der Waals surface area contributed by atoms with Crippen LogP contribution in [-0.4, -0.2) is 0 Å². The van der Waals surface area contributed by atoms with Gasteiger partial charge in [-0.05, 0) is 0 Å². The molecule has 0 fully saturated rings. The molecule has 0 rings (SSSR count). The van der Waals surface area contributed by atoms with Crippen LogP contribution in [0.25, 0.3) is 0 Å². The van der Waals surface area contributed by atoms with Gasteiger partial charge < -0.3 is 0 Å². The molecule has 0 atom stereocenters. The van der Waals surface area contributed by atoms with Gasteiger partial charge in [0, 0.05) is 0 Å². The van der Waals surface area contributed by atoms with Crippen molar-refractivity contribution < 1.29 is 0 Å². The normalized spacial score (nSPS) is 5.20. The Morgan fingerprint density at radius 3 is 2.20 bits per heavy atom. The van der Waals surface area contributed by atoms with Crippen LogP contribution in [0.1, 0.15) is 0 Å². The number of hydrogen-bond acceptors (Lipinski definition) is 0. The molecule has 0 N–H and O–H groups in total. The summed E-state index contributed by atoms with van der Waals surface area (Å²) in [5, 5.41) is 2.33. The molecule has 0 aliphatic carbocycles. The van der Waals surface area contributed by atoms with E-state index in [1.165, 1.54) is 0 Å². The summed E-state index contributed by atoms with van der Waals surface area (Å²) in [6, 6.07) is 0. The van der Waals surface area contributed by atoms with Crippen LogP contribution in [0.2, 0.25) is 0 Å². The summed E-state index contributed by atoms with van der Waals surface area (Å²) in [6.07, 6.45) is 4.81. The molecule has 0 aromatic carbocycles. The van der Waals surface area contributed by atoms with Gasteiger partial charge in [-0.1, -0.05) is 0 Å². The van der Waals surface area contributed by atoms with Crippen molar-refractivity contribution in [3.63, 3.8) is 0 Å². The summed E-state index contributed by atoms with van der Waals surface area (Å²) < 4.78 is 0. The van der Waals surface area contributed by atoms with Crippen molar-refractivity contribution in [2.45, 2.75) is 0 Å². The second-order valence-corrected chi connectivity index (χ2v) is 4.56. The van der Waals surface area contributed by atoms with E-state index in [1.54, 1.807) is 0 Å². The van der Waals surface area contributed by atoms with Gasteiger partial charge in [-0.2, -0.15) is 0 Å². The Morgan fingerprint density at radius 1 is 2.00 bits per heavy atom. The van der Waals surface area contributed by atoms with E-state index in [1.807, 2.05) is 0 Å². The fourth-order valence-electron chi connectivity index (χ4n) is 0. The van der Waals surface area contributed by atoms with Crippen LogP contribution in [0.15, 0.2) is 0 Å². The summed E-state index contributed by atoms with van der Waals surface area (Å²) in [6.45, 7) is 0. The zero-order valence-corrected chi connectivity index (χ0v) is 5.14. The molecule has 0 aromatic rings. The van der Waals surface area contributed by atoms with E-state index >= 15 is 0 Å². The molecular weight excluding hydrogens is 118 g/mol. The Bertz CT molecular complexity index is 156. The minimum absolute atomic E-state index is 0.295. The van der Waals surface area contributed by atoms with Crippen molar-refractivity contribution in [2.24, 2.45) is 0 Å². The predicted molar refractivity (Wildman–Crippen MR) is 31.4 cm³/mol. The van der Waals surface area contributed by atoms with Gasteiger partial charge in [0.05, 0.1) is 0 Å². The SMILES string of the molecule is C#CS(#P)=P. The molecule has 0 aromatic heterocycles. The van der Waals surface area contributed by atoms with E-state index in [0.717, 1.165) is 0 Å². The average Bonchev–Trinajstić information content (AvgIpc) is 1.38. The first-order chi connectivity index (χ1) is 2.27. The third-order valence-electron chi connectivity index (χ3n) is 0.112. The minimum atomic E-state index is -0.295. The van der Waals surface area contributed by atoms with E-state index in [2.05, 4.69) is 21.1 Å². The molecule has 0 amide bonds. The van der Waals surface area contributed by atoms with E-state index < -0.39 is 0 Å². The maximum absolute atomic E-state index is 4.81. The molecule has 0 nitrogen and oxygen atoms in total. The molecule has 0 bridgehead atoms. The van der Waals surface area contributed by atoms with Gasteiger partial charge in [0.1, 0.15) is 0 Å². The van der Waals surface area contributed by atoms with Crippen LogP contribution in [-0.2, 0) is 9.05 Å². The van der Waals surface area contributed by atoms with Crippen molar-refractivity contribution in [3.8, 4) is 11.7 Å². The van der Waals surface area contributed by atoms with Crippen molar-refractivity contribution in [2.75, 3.05) is 0 Å². The molecule has 5 heavy (non-hydrogen) atoms. The molecule has 3 heteroatoms. The van der Waals surface area contributed by atoms with Gasteiger partial charge in [-0.25, -0.2) is 0 Å². The number of rotatable bonds is 0. The van der Waals surface area contributed by atoms with Crippen molar-refractivity contribution in [1.82, 2.24) is 0 Å². The first-order valence-corrected chi connectivity index (χ1v) is 4.38. The second-order valence-electron chi connectivity index (χ2n) is 0.402. The van der Waals surface area contributed by atoms with Crippen molar-refractivity contribution >= 4 is 24.9 Å². The summed E-state index contributed by atoms with van der Waals surface area (Å²) >= 11 is 0. The molecule has 0 spiro atoms. The standard InChI is InChI=1S/C2H2P2S/c1-2-5(3)4/h1,3H. The topological polar surface area (TPSA) is 0 Å². The van der Waals surface area contributed by atoms with Crippen LogP contribution in [0.4, 0.5) is 0 Å². The van der Waals surface area contributed by atoms with Gasteiger partial charge in [0.15, 0.2) is 0 Å². The Hall–Kier alpha value is 0.510. The van der Waals surface area contributed by atoms with Crippen molar-refractivity contribution in [3.05, 3.63) is 0 Å². The van der Waals surface area contributed by atoms with Crippen LogP contribution in [0.5, 0.6) is 0 Å². The zero-order chi connectivity index (χ0) is 4.28. The van der Waals surface area contributed by atoms with E-state index in [0.29, 0.717) is 0 Å². The molecular formula is C2H2P2S. The molecule has 0 unspecified atom stereocenters. The quantitative estimate of drug-likeness (QED) is 0.336. The number of terminal acetylenes is 1. The third kappa shape index (κ3) is 4.51. The predicted octanol–water partition coefficient (Wildman–Crippen LogP) is 1.58. The van der Waals surface area contributed by atoms with Gasteiger partial charge >= 0.3 is 36.6 Å². The molecule has 0 radical (unpaired) electrons. The maximum atomic E-state index is 4.81.